The van der Waals surface area contributed by atoms with E-state index < -0.39 is 18.3 Å². The molecule has 7 nitrogen and oxygen atoms in total. The average molecular weight is 392 g/mol. The van der Waals surface area contributed by atoms with E-state index in [1.165, 1.54) is 6.07 Å². The molecule has 148 valence electrons. The van der Waals surface area contributed by atoms with Crippen LogP contribution in [0.1, 0.15) is 24.7 Å². The minimum absolute atomic E-state index is 0.178. The summed E-state index contributed by atoms with van der Waals surface area (Å²) in [4.78, 5) is 19.4. The molecule has 3 aromatic rings. The number of fused-ring (bicyclic) bond motifs is 1. The van der Waals surface area contributed by atoms with Crippen molar-refractivity contribution in [3.63, 3.8) is 0 Å². The summed E-state index contributed by atoms with van der Waals surface area (Å²) in [5, 5.41) is 7.87. The number of aromatic nitrogens is 5. The molecule has 0 amide bonds. The van der Waals surface area contributed by atoms with Crippen molar-refractivity contribution >= 4 is 10.9 Å². The van der Waals surface area contributed by atoms with E-state index in [9.17, 15) is 18.0 Å². The summed E-state index contributed by atoms with van der Waals surface area (Å²) in [6, 6.07) is 6.18. The Balaban J connectivity index is 1.73. The Labute approximate surface area is 158 Å². The van der Waals surface area contributed by atoms with Gasteiger partial charge in [-0.25, -0.2) is 4.98 Å². The minimum Gasteiger partial charge on any atom is -0.292 e. The monoisotopic (exact) mass is 392 g/mol. The van der Waals surface area contributed by atoms with Crippen molar-refractivity contribution in [1.29, 1.82) is 0 Å². The molecule has 0 spiro atoms. The highest BCUT2D eigenvalue weighted by molar-refractivity contribution is 5.77. The predicted molar refractivity (Wildman–Crippen MR) is 95.6 cm³/mol. The van der Waals surface area contributed by atoms with Gasteiger partial charge >= 0.3 is 6.18 Å². The molecule has 0 aliphatic carbocycles. The lowest BCUT2D eigenvalue weighted by Crippen LogP contribution is -2.36. The largest absolute Gasteiger partial charge is 0.406 e. The van der Waals surface area contributed by atoms with E-state index in [0.29, 0.717) is 25.0 Å². The van der Waals surface area contributed by atoms with Gasteiger partial charge in [0.05, 0.1) is 29.7 Å². The number of halogens is 3. The van der Waals surface area contributed by atoms with Crippen LogP contribution in [0.15, 0.2) is 41.5 Å². The minimum atomic E-state index is -4.51. The van der Waals surface area contributed by atoms with Crippen molar-refractivity contribution < 1.29 is 13.2 Å². The molecule has 0 saturated carbocycles. The molecule has 1 aliphatic heterocycles. The highest BCUT2D eigenvalue weighted by Gasteiger charge is 2.35. The lowest BCUT2D eigenvalue weighted by molar-refractivity contribution is -0.142. The molecule has 3 heterocycles. The first-order valence-corrected chi connectivity index (χ1v) is 9.07. The molecule has 1 aromatic carbocycles. The first kappa shape index (κ1) is 18.6. The second kappa shape index (κ2) is 7.34. The molecule has 28 heavy (non-hydrogen) atoms. The molecule has 2 aromatic heterocycles. The molecule has 1 unspecified atom stereocenters. The number of nitrogens with zero attached hydrogens (tertiary/aromatic N) is 6. The Morgan fingerprint density at radius 1 is 1.18 bits per heavy atom. The lowest BCUT2D eigenvalue weighted by atomic mass is 10.1. The van der Waals surface area contributed by atoms with Gasteiger partial charge in [0.2, 0.25) is 0 Å². The van der Waals surface area contributed by atoms with Gasteiger partial charge in [0.25, 0.3) is 5.56 Å². The standard InChI is InChI=1S/C18H19F3N6O/c19-18(20,21)12-27-16(23-14-5-2-1-4-13(14)17(27)28)15-6-3-8-25(15)10-11-26-9-7-22-24-26/h1-2,4-5,7,9,15H,3,6,8,10-12H2. The third-order valence-corrected chi connectivity index (χ3v) is 4.98. The topological polar surface area (TPSA) is 68.8 Å². The molecule has 1 saturated heterocycles. The van der Waals surface area contributed by atoms with Crippen molar-refractivity contribution in [1.82, 2.24) is 29.4 Å². The molecule has 0 bridgehead atoms. The van der Waals surface area contributed by atoms with E-state index in [-0.39, 0.29) is 17.3 Å². The van der Waals surface area contributed by atoms with E-state index >= 15 is 0 Å². The van der Waals surface area contributed by atoms with Gasteiger partial charge in [0.1, 0.15) is 12.4 Å². The number of hydrogen-bond donors (Lipinski definition) is 0. The Morgan fingerprint density at radius 2 is 2.00 bits per heavy atom. The quantitative estimate of drug-likeness (QED) is 0.667. The molecule has 1 atom stereocenters. The highest BCUT2D eigenvalue weighted by Crippen LogP contribution is 2.32. The fourth-order valence-electron chi connectivity index (χ4n) is 3.74. The van der Waals surface area contributed by atoms with Crippen molar-refractivity contribution in [2.24, 2.45) is 0 Å². The van der Waals surface area contributed by atoms with Crippen LogP contribution in [0.4, 0.5) is 13.2 Å². The lowest BCUT2D eigenvalue weighted by Gasteiger charge is -2.26. The second-order valence-electron chi connectivity index (χ2n) is 6.85. The van der Waals surface area contributed by atoms with Crippen LogP contribution in [0.25, 0.3) is 10.9 Å². The SMILES string of the molecule is O=c1c2ccccc2nc(C2CCCN2CCn2ccnn2)n1CC(F)(F)F. The van der Waals surface area contributed by atoms with Gasteiger partial charge in [0.15, 0.2) is 0 Å². The predicted octanol–water partition coefficient (Wildman–Crippen LogP) is 2.39. The van der Waals surface area contributed by atoms with Crippen molar-refractivity contribution in [2.45, 2.75) is 38.1 Å². The van der Waals surface area contributed by atoms with E-state index in [0.717, 1.165) is 17.5 Å². The summed E-state index contributed by atoms with van der Waals surface area (Å²) in [5.74, 6) is 0.178. The maximum absolute atomic E-state index is 13.2. The van der Waals surface area contributed by atoms with Crippen LogP contribution in [-0.4, -0.2) is 48.7 Å². The van der Waals surface area contributed by atoms with Gasteiger partial charge in [-0.1, -0.05) is 17.3 Å². The number of para-hydroxylation sites is 1. The Morgan fingerprint density at radius 3 is 2.75 bits per heavy atom. The van der Waals surface area contributed by atoms with Gasteiger partial charge in [-0.2, -0.15) is 13.2 Å². The van der Waals surface area contributed by atoms with E-state index in [1.54, 1.807) is 35.3 Å². The summed E-state index contributed by atoms with van der Waals surface area (Å²) < 4.78 is 42.1. The van der Waals surface area contributed by atoms with Gasteiger partial charge < -0.3 is 0 Å². The maximum Gasteiger partial charge on any atom is 0.406 e. The third-order valence-electron chi connectivity index (χ3n) is 4.98. The Bertz CT molecular complexity index is 1010. The molecule has 1 fully saturated rings. The summed E-state index contributed by atoms with van der Waals surface area (Å²) in [6.07, 6.45) is 0.288. The molecule has 0 N–H and O–H groups in total. The van der Waals surface area contributed by atoms with Gasteiger partial charge in [-0.05, 0) is 31.5 Å². The Kier molecular flexibility index (Phi) is 4.88. The summed E-state index contributed by atoms with van der Waals surface area (Å²) in [7, 11) is 0. The van der Waals surface area contributed by atoms with Crippen LogP contribution in [0, 0.1) is 0 Å². The van der Waals surface area contributed by atoms with Crippen LogP contribution < -0.4 is 5.56 Å². The van der Waals surface area contributed by atoms with Crippen LogP contribution in [0.5, 0.6) is 0 Å². The van der Waals surface area contributed by atoms with Crippen molar-refractivity contribution in [3.05, 3.63) is 52.8 Å². The number of likely N-dealkylation sites (tertiary alicyclic amines) is 1. The maximum atomic E-state index is 13.2. The number of alkyl halides is 3. The molecule has 4 rings (SSSR count). The molecular formula is C18H19F3N6O. The fraction of sp³-hybridized carbons (Fsp3) is 0.444. The van der Waals surface area contributed by atoms with Crippen molar-refractivity contribution in [2.75, 3.05) is 13.1 Å². The van der Waals surface area contributed by atoms with Crippen molar-refractivity contribution in [3.8, 4) is 0 Å². The molecule has 1 aliphatic rings. The smallest absolute Gasteiger partial charge is 0.292 e. The first-order valence-electron chi connectivity index (χ1n) is 9.07. The van der Waals surface area contributed by atoms with E-state index in [4.69, 9.17) is 0 Å². The molecular weight excluding hydrogens is 373 g/mol. The first-order chi connectivity index (χ1) is 13.4. The summed E-state index contributed by atoms with van der Waals surface area (Å²) >= 11 is 0. The number of rotatable bonds is 5. The zero-order valence-corrected chi connectivity index (χ0v) is 15.0. The molecule has 10 heteroatoms. The van der Waals surface area contributed by atoms with E-state index in [2.05, 4.69) is 20.2 Å². The highest BCUT2D eigenvalue weighted by atomic mass is 19.4. The normalized spacial score (nSPS) is 18.2. The fourth-order valence-corrected chi connectivity index (χ4v) is 3.74. The molecule has 0 radical (unpaired) electrons. The summed E-state index contributed by atoms with van der Waals surface area (Å²) in [6.45, 7) is 0.539. The zero-order chi connectivity index (χ0) is 19.7. The third kappa shape index (κ3) is 3.77. The van der Waals surface area contributed by atoms with Crippen LogP contribution in [-0.2, 0) is 13.1 Å². The zero-order valence-electron chi connectivity index (χ0n) is 15.0. The van der Waals surface area contributed by atoms with Crippen LogP contribution in [0.2, 0.25) is 0 Å². The van der Waals surface area contributed by atoms with Gasteiger partial charge in [-0.15, -0.1) is 5.10 Å². The number of benzene rings is 1. The van der Waals surface area contributed by atoms with Gasteiger partial charge in [0, 0.05) is 12.7 Å². The van der Waals surface area contributed by atoms with Gasteiger partial charge in [-0.3, -0.25) is 18.9 Å². The Hall–Kier alpha value is -2.75. The number of hydrogen-bond acceptors (Lipinski definition) is 5. The van der Waals surface area contributed by atoms with Crippen LogP contribution >= 0.6 is 0 Å². The van der Waals surface area contributed by atoms with Crippen LogP contribution in [0.3, 0.4) is 0 Å². The average Bonchev–Trinajstić information content (AvgIpc) is 3.32. The summed E-state index contributed by atoms with van der Waals surface area (Å²) in [5.41, 5.74) is -0.231. The van der Waals surface area contributed by atoms with E-state index in [1.807, 2.05) is 0 Å². The second-order valence-corrected chi connectivity index (χ2v) is 6.85.